The number of hydrogen-bond donors (Lipinski definition) is 1. The number of fused-ring (bicyclic) bond motifs is 3. The Morgan fingerprint density at radius 1 is 1.04 bits per heavy atom. The number of benzene rings is 3. The van der Waals surface area contributed by atoms with Crippen LogP contribution >= 0.6 is 11.6 Å². The molecule has 1 N–H and O–H groups in total. The first-order valence-corrected chi connectivity index (χ1v) is 16.9. The Balaban J connectivity index is 1.12. The largest absolute Gasteiger partial charge is 0.493 e. The third-order valence-electron chi connectivity index (χ3n) is 9.26. The second kappa shape index (κ2) is 15.2. The SMILES string of the molecule is COC(=O)C[C@@H](NC(=O)c1cccc(Cn2cc(-c3cccc4c3[C@H]3C[C@H]3CN4C(=O)CCCOc3cccc(Cl)c3C)cn2)c1)C(=O)OC. The highest BCUT2D eigenvalue weighted by molar-refractivity contribution is 6.31. The Morgan fingerprint density at radius 2 is 1.84 bits per heavy atom. The lowest BCUT2D eigenvalue weighted by molar-refractivity contribution is -0.149. The third kappa shape index (κ3) is 7.68. The quantitative estimate of drug-likeness (QED) is 0.139. The molecule has 12 heteroatoms. The fraction of sp³-hybridized carbons (Fsp3) is 0.342. The number of aromatic nitrogens is 2. The molecule has 2 aliphatic rings. The molecule has 3 aromatic carbocycles. The molecule has 3 atom stereocenters. The lowest BCUT2D eigenvalue weighted by atomic mass is 9.92. The molecule has 0 unspecified atom stereocenters. The summed E-state index contributed by atoms with van der Waals surface area (Å²) in [7, 11) is 2.39. The van der Waals surface area contributed by atoms with Crippen molar-refractivity contribution in [1.29, 1.82) is 0 Å². The van der Waals surface area contributed by atoms with Gasteiger partial charge in [-0.15, -0.1) is 0 Å². The van der Waals surface area contributed by atoms with E-state index < -0.39 is 23.9 Å². The lowest BCUT2D eigenvalue weighted by Crippen LogP contribution is -2.43. The van der Waals surface area contributed by atoms with Crippen molar-refractivity contribution in [3.63, 3.8) is 0 Å². The van der Waals surface area contributed by atoms with Crippen molar-refractivity contribution >= 4 is 41.0 Å². The minimum absolute atomic E-state index is 0.0861. The molecule has 0 saturated heterocycles. The monoisotopic (exact) mass is 698 g/mol. The van der Waals surface area contributed by atoms with Crippen molar-refractivity contribution in [2.45, 2.75) is 51.1 Å². The summed E-state index contributed by atoms with van der Waals surface area (Å²) in [5.41, 5.74) is 6.19. The number of rotatable bonds is 13. The Kier molecular flexibility index (Phi) is 10.5. The highest BCUT2D eigenvalue weighted by atomic mass is 35.5. The molecule has 260 valence electrons. The van der Waals surface area contributed by atoms with Gasteiger partial charge in [0, 0.05) is 46.6 Å². The summed E-state index contributed by atoms with van der Waals surface area (Å²) in [5.74, 6) is -0.246. The van der Waals surface area contributed by atoms with Crippen molar-refractivity contribution in [1.82, 2.24) is 15.1 Å². The van der Waals surface area contributed by atoms with Gasteiger partial charge >= 0.3 is 11.9 Å². The van der Waals surface area contributed by atoms with Gasteiger partial charge in [0.1, 0.15) is 11.8 Å². The van der Waals surface area contributed by atoms with E-state index in [1.807, 2.05) is 60.6 Å². The van der Waals surface area contributed by atoms with E-state index in [1.165, 1.54) is 19.8 Å². The number of halogens is 1. The van der Waals surface area contributed by atoms with E-state index in [4.69, 9.17) is 21.1 Å². The van der Waals surface area contributed by atoms with Crippen LogP contribution in [0.5, 0.6) is 5.75 Å². The molecule has 1 fully saturated rings. The number of esters is 2. The van der Waals surface area contributed by atoms with E-state index >= 15 is 0 Å². The van der Waals surface area contributed by atoms with E-state index in [2.05, 4.69) is 21.2 Å². The van der Waals surface area contributed by atoms with Gasteiger partial charge in [-0.05, 0) is 78.6 Å². The number of nitrogens with zero attached hydrogens (tertiary/aromatic N) is 3. The topological polar surface area (TPSA) is 129 Å². The summed E-state index contributed by atoms with van der Waals surface area (Å²) in [6.45, 7) is 3.46. The third-order valence-corrected chi connectivity index (χ3v) is 9.67. The summed E-state index contributed by atoms with van der Waals surface area (Å²) in [6.07, 6.45) is 5.47. The Labute approximate surface area is 295 Å². The maximum atomic E-state index is 13.5. The smallest absolute Gasteiger partial charge is 0.328 e. The molecule has 1 aliphatic carbocycles. The van der Waals surface area contributed by atoms with Crippen LogP contribution in [0.3, 0.4) is 0 Å². The van der Waals surface area contributed by atoms with Gasteiger partial charge in [-0.25, -0.2) is 4.79 Å². The zero-order chi connectivity index (χ0) is 35.4. The number of anilines is 1. The number of methoxy groups -OCH3 is 2. The second-order valence-corrected chi connectivity index (χ2v) is 13.0. The van der Waals surface area contributed by atoms with Crippen molar-refractivity contribution in [3.05, 3.63) is 100 Å². The summed E-state index contributed by atoms with van der Waals surface area (Å²) in [6, 6.07) is 17.5. The minimum atomic E-state index is -1.18. The van der Waals surface area contributed by atoms with Gasteiger partial charge in [-0.2, -0.15) is 5.10 Å². The lowest BCUT2D eigenvalue weighted by Gasteiger charge is -2.30. The number of carbonyl (C=O) groups is 4. The van der Waals surface area contributed by atoms with E-state index in [-0.39, 0.29) is 12.3 Å². The van der Waals surface area contributed by atoms with E-state index in [0.717, 1.165) is 46.7 Å². The Bertz CT molecular complexity index is 1920. The molecule has 1 aromatic heterocycles. The van der Waals surface area contributed by atoms with Crippen molar-refractivity contribution < 1.29 is 33.4 Å². The maximum absolute atomic E-state index is 13.5. The van der Waals surface area contributed by atoms with E-state index in [9.17, 15) is 19.2 Å². The van der Waals surface area contributed by atoms with E-state index in [1.54, 1.807) is 22.9 Å². The van der Waals surface area contributed by atoms with Gasteiger partial charge < -0.3 is 24.4 Å². The first-order chi connectivity index (χ1) is 24.2. The van der Waals surface area contributed by atoms with Gasteiger partial charge in [0.25, 0.3) is 5.91 Å². The predicted molar refractivity (Wildman–Crippen MR) is 187 cm³/mol. The first kappa shape index (κ1) is 34.7. The van der Waals surface area contributed by atoms with Gasteiger partial charge in [0.2, 0.25) is 5.91 Å². The Hall–Kier alpha value is -5.16. The summed E-state index contributed by atoms with van der Waals surface area (Å²) < 4.78 is 17.1. The predicted octanol–water partition coefficient (Wildman–Crippen LogP) is 5.70. The Morgan fingerprint density at radius 3 is 2.64 bits per heavy atom. The van der Waals surface area contributed by atoms with Gasteiger partial charge in [-0.1, -0.05) is 41.9 Å². The van der Waals surface area contributed by atoms with Crippen LogP contribution in [0.2, 0.25) is 5.02 Å². The molecule has 2 heterocycles. The zero-order valence-corrected chi connectivity index (χ0v) is 28.9. The first-order valence-electron chi connectivity index (χ1n) is 16.5. The van der Waals surface area contributed by atoms with Gasteiger partial charge in [0.15, 0.2) is 0 Å². The van der Waals surface area contributed by atoms with Gasteiger partial charge in [0.05, 0.1) is 40.0 Å². The maximum Gasteiger partial charge on any atom is 0.328 e. The highest BCUT2D eigenvalue weighted by Crippen LogP contribution is 2.57. The van der Waals surface area contributed by atoms with Crippen LogP contribution in [0.4, 0.5) is 5.69 Å². The summed E-state index contributed by atoms with van der Waals surface area (Å²) in [4.78, 5) is 52.4. The zero-order valence-electron chi connectivity index (χ0n) is 28.2. The molecule has 1 saturated carbocycles. The second-order valence-electron chi connectivity index (χ2n) is 12.6. The average molecular weight is 699 g/mol. The molecule has 2 amide bonds. The van der Waals surface area contributed by atoms with Crippen LogP contribution in [-0.2, 0) is 30.4 Å². The van der Waals surface area contributed by atoms with Crippen LogP contribution in [0, 0.1) is 12.8 Å². The molecule has 11 nitrogen and oxygen atoms in total. The molecular formula is C38H39ClN4O7. The standard InChI is InChI=1S/C38H39ClN4O7/c1-23-30(39)11-6-13-33(23)50-15-7-14-34(44)43-22-26-17-29(26)36-28(10-5-12-32(36)43)27-19-40-42(21-27)20-24-8-4-9-25(16-24)37(46)41-31(38(47)49-3)18-35(45)48-2/h4-6,8-13,16,19,21,26,29,31H,7,14-15,17-18,20,22H2,1-3H3,(H,41,46)/t26-,29-,31+/m0/s1. The molecule has 6 rings (SSSR count). The molecule has 0 spiro atoms. The van der Waals surface area contributed by atoms with Gasteiger partial charge in [-0.3, -0.25) is 19.1 Å². The molecule has 4 aromatic rings. The van der Waals surface area contributed by atoms with Crippen LogP contribution in [0.25, 0.3) is 11.1 Å². The fourth-order valence-corrected chi connectivity index (χ4v) is 6.67. The van der Waals surface area contributed by atoms with Crippen LogP contribution in [0.15, 0.2) is 73.1 Å². The normalized spacial score (nSPS) is 16.4. The fourth-order valence-electron chi connectivity index (χ4n) is 6.50. The number of carbonyl (C=O) groups excluding carboxylic acids is 4. The minimum Gasteiger partial charge on any atom is -0.493 e. The number of hydrogen-bond acceptors (Lipinski definition) is 8. The summed E-state index contributed by atoms with van der Waals surface area (Å²) in [5, 5.41) is 7.84. The molecule has 0 radical (unpaired) electrons. The summed E-state index contributed by atoms with van der Waals surface area (Å²) >= 11 is 6.21. The van der Waals surface area contributed by atoms with Crippen molar-refractivity contribution in [2.24, 2.45) is 5.92 Å². The molecular weight excluding hydrogens is 660 g/mol. The average Bonchev–Trinajstić information content (AvgIpc) is 3.78. The highest BCUT2D eigenvalue weighted by Gasteiger charge is 2.47. The van der Waals surface area contributed by atoms with Crippen LogP contribution < -0.4 is 15.0 Å². The number of ether oxygens (including phenoxy) is 3. The number of nitrogens with one attached hydrogen (secondary N) is 1. The molecule has 0 bridgehead atoms. The van der Waals surface area contributed by atoms with Crippen LogP contribution in [0.1, 0.15) is 58.6 Å². The molecule has 1 aliphatic heterocycles. The van der Waals surface area contributed by atoms with Crippen molar-refractivity contribution in [2.75, 3.05) is 32.3 Å². The van der Waals surface area contributed by atoms with Crippen molar-refractivity contribution in [3.8, 4) is 16.9 Å². The molecule has 50 heavy (non-hydrogen) atoms. The number of amides is 2. The van der Waals surface area contributed by atoms with E-state index in [0.29, 0.717) is 48.4 Å². The van der Waals surface area contributed by atoms with Crippen LogP contribution in [-0.4, -0.2) is 66.9 Å².